The average molecular weight is 258 g/mol. The van der Waals surface area contributed by atoms with Gasteiger partial charge in [-0.25, -0.2) is 0 Å². The number of aryl methyl sites for hydroxylation is 1. The number of amides is 1. The minimum Gasteiger partial charge on any atom is -0.387 e. The van der Waals surface area contributed by atoms with Crippen molar-refractivity contribution in [3.63, 3.8) is 0 Å². The summed E-state index contributed by atoms with van der Waals surface area (Å²) in [7, 11) is 1.79. The van der Waals surface area contributed by atoms with E-state index < -0.39 is 0 Å². The first-order valence-electron chi connectivity index (χ1n) is 6.49. The normalized spacial score (nSPS) is 13.7. The summed E-state index contributed by atoms with van der Waals surface area (Å²) < 4.78 is 0. The van der Waals surface area contributed by atoms with Crippen molar-refractivity contribution in [3.8, 4) is 6.07 Å². The van der Waals surface area contributed by atoms with Crippen molar-refractivity contribution in [1.82, 2.24) is 9.88 Å². The Morgan fingerprint density at radius 2 is 2.37 bits per heavy atom. The van der Waals surface area contributed by atoms with Crippen LogP contribution in [0, 0.1) is 18.3 Å². The number of anilines is 1. The van der Waals surface area contributed by atoms with Gasteiger partial charge in [-0.3, -0.25) is 9.78 Å². The fourth-order valence-electron chi connectivity index (χ4n) is 2.10. The van der Waals surface area contributed by atoms with Crippen LogP contribution in [0.5, 0.6) is 0 Å². The van der Waals surface area contributed by atoms with Gasteiger partial charge in [-0.1, -0.05) is 0 Å². The van der Waals surface area contributed by atoms with Gasteiger partial charge >= 0.3 is 0 Å². The van der Waals surface area contributed by atoms with Crippen LogP contribution in [0.2, 0.25) is 0 Å². The predicted octanol–water partition coefficient (Wildman–Crippen LogP) is 1.95. The van der Waals surface area contributed by atoms with E-state index in [0.717, 1.165) is 24.2 Å². The molecule has 0 aliphatic heterocycles. The maximum atomic E-state index is 12.6. The molecule has 1 aromatic heterocycles. The fourth-order valence-corrected chi connectivity index (χ4v) is 2.10. The summed E-state index contributed by atoms with van der Waals surface area (Å²) in [5, 5.41) is 11.7. The van der Waals surface area contributed by atoms with Gasteiger partial charge in [0.25, 0.3) is 5.91 Å². The number of pyridine rings is 1. The molecule has 0 atom stereocenters. The van der Waals surface area contributed by atoms with Crippen LogP contribution in [-0.2, 0) is 0 Å². The minimum atomic E-state index is -0.0328. The van der Waals surface area contributed by atoms with Gasteiger partial charge in [0.1, 0.15) is 0 Å². The first kappa shape index (κ1) is 13.3. The first-order chi connectivity index (χ1) is 9.17. The number of hydrogen-bond donors (Lipinski definition) is 1. The van der Waals surface area contributed by atoms with Crippen molar-refractivity contribution in [2.75, 3.05) is 18.9 Å². The molecule has 1 amide bonds. The van der Waals surface area contributed by atoms with Crippen molar-refractivity contribution in [2.24, 2.45) is 0 Å². The van der Waals surface area contributed by atoms with Gasteiger partial charge < -0.3 is 10.2 Å². The van der Waals surface area contributed by atoms with Gasteiger partial charge in [-0.05, 0) is 25.8 Å². The van der Waals surface area contributed by atoms with E-state index in [1.807, 2.05) is 13.0 Å². The van der Waals surface area contributed by atoms with Crippen LogP contribution in [0.1, 0.15) is 35.3 Å². The van der Waals surface area contributed by atoms with Crippen LogP contribution in [0.15, 0.2) is 12.3 Å². The molecule has 2 rings (SSSR count). The number of carbonyl (C=O) groups is 1. The molecule has 1 fully saturated rings. The van der Waals surface area contributed by atoms with Gasteiger partial charge in [-0.15, -0.1) is 0 Å². The lowest BCUT2D eigenvalue weighted by atomic mass is 10.1. The molecule has 1 N–H and O–H groups in total. The fraction of sp³-hybridized carbons (Fsp3) is 0.500. The third-order valence-electron chi connectivity index (χ3n) is 3.25. The molecular formula is C14H18N4O. The Labute approximate surface area is 113 Å². The summed E-state index contributed by atoms with van der Waals surface area (Å²) in [4.78, 5) is 18.6. The van der Waals surface area contributed by atoms with Gasteiger partial charge in [0.2, 0.25) is 0 Å². The molecule has 0 spiro atoms. The molecule has 19 heavy (non-hydrogen) atoms. The molecule has 1 heterocycles. The van der Waals surface area contributed by atoms with Crippen LogP contribution in [0.25, 0.3) is 0 Å². The molecule has 0 bridgehead atoms. The second kappa shape index (κ2) is 5.70. The van der Waals surface area contributed by atoms with Gasteiger partial charge in [0, 0.05) is 31.5 Å². The molecule has 1 aliphatic carbocycles. The monoisotopic (exact) mass is 258 g/mol. The molecule has 5 nitrogen and oxygen atoms in total. The van der Waals surface area contributed by atoms with Crippen molar-refractivity contribution in [3.05, 3.63) is 23.5 Å². The lowest BCUT2D eigenvalue weighted by Crippen LogP contribution is -2.34. The molecule has 0 unspecified atom stereocenters. The van der Waals surface area contributed by atoms with E-state index in [1.165, 1.54) is 0 Å². The van der Waals surface area contributed by atoms with E-state index in [0.29, 0.717) is 24.6 Å². The van der Waals surface area contributed by atoms with E-state index >= 15 is 0 Å². The molecule has 5 heteroatoms. The zero-order valence-corrected chi connectivity index (χ0v) is 11.3. The Bertz CT molecular complexity index is 517. The number of nitrogens with zero attached hydrogens (tertiary/aromatic N) is 3. The zero-order valence-electron chi connectivity index (χ0n) is 11.3. The zero-order chi connectivity index (χ0) is 13.8. The smallest absolute Gasteiger partial charge is 0.257 e. The van der Waals surface area contributed by atoms with Gasteiger partial charge in [0.15, 0.2) is 0 Å². The maximum Gasteiger partial charge on any atom is 0.257 e. The Morgan fingerprint density at radius 3 is 2.95 bits per heavy atom. The van der Waals surface area contributed by atoms with E-state index in [1.54, 1.807) is 18.1 Å². The van der Waals surface area contributed by atoms with Crippen molar-refractivity contribution >= 4 is 11.6 Å². The largest absolute Gasteiger partial charge is 0.387 e. The number of nitrogens with one attached hydrogen (secondary N) is 1. The predicted molar refractivity (Wildman–Crippen MR) is 72.8 cm³/mol. The highest BCUT2D eigenvalue weighted by Gasteiger charge is 2.33. The highest BCUT2D eigenvalue weighted by atomic mass is 16.2. The lowest BCUT2D eigenvalue weighted by Gasteiger charge is -2.22. The maximum absolute atomic E-state index is 12.6. The Hall–Kier alpha value is -2.09. The topological polar surface area (TPSA) is 69.0 Å². The average Bonchev–Trinajstić information content (AvgIpc) is 3.23. The minimum absolute atomic E-state index is 0.0328. The third-order valence-corrected chi connectivity index (χ3v) is 3.25. The summed E-state index contributed by atoms with van der Waals surface area (Å²) in [6.45, 7) is 2.39. The molecule has 0 aromatic carbocycles. The van der Waals surface area contributed by atoms with Crippen LogP contribution in [-0.4, -0.2) is 35.4 Å². The third kappa shape index (κ3) is 3.02. The molecule has 1 saturated carbocycles. The Kier molecular flexibility index (Phi) is 4.00. The molecular weight excluding hydrogens is 240 g/mol. The first-order valence-corrected chi connectivity index (χ1v) is 6.49. The van der Waals surface area contributed by atoms with E-state index in [9.17, 15) is 4.79 Å². The van der Waals surface area contributed by atoms with Crippen LogP contribution >= 0.6 is 0 Å². The van der Waals surface area contributed by atoms with Crippen molar-refractivity contribution in [2.45, 2.75) is 32.2 Å². The molecule has 1 aliphatic rings. The standard InChI is InChI=1S/C14H18N4O/c1-10-8-13(16-2)12(9-17-10)14(19)18(7-3-6-15)11-4-5-11/h8-9,11H,3-5,7H2,1-2H3,(H,16,17). The summed E-state index contributed by atoms with van der Waals surface area (Å²) in [6, 6.07) is 4.26. The quantitative estimate of drug-likeness (QED) is 0.876. The number of carbonyl (C=O) groups excluding carboxylic acids is 1. The highest BCUT2D eigenvalue weighted by Crippen LogP contribution is 2.29. The number of nitriles is 1. The van der Waals surface area contributed by atoms with E-state index in [2.05, 4.69) is 16.4 Å². The molecule has 1 aromatic rings. The van der Waals surface area contributed by atoms with Crippen LogP contribution in [0.4, 0.5) is 5.69 Å². The number of aromatic nitrogens is 1. The molecule has 0 saturated heterocycles. The van der Waals surface area contributed by atoms with Gasteiger partial charge in [0.05, 0.1) is 23.7 Å². The van der Waals surface area contributed by atoms with Crippen molar-refractivity contribution < 1.29 is 4.79 Å². The SMILES string of the molecule is CNc1cc(C)ncc1C(=O)N(CCC#N)C1CC1. The summed E-state index contributed by atoms with van der Waals surface area (Å²) in [6.07, 6.45) is 4.05. The Balaban J connectivity index is 2.23. The van der Waals surface area contributed by atoms with Gasteiger partial charge in [-0.2, -0.15) is 5.26 Å². The summed E-state index contributed by atoms with van der Waals surface area (Å²) in [5.41, 5.74) is 2.24. The summed E-state index contributed by atoms with van der Waals surface area (Å²) >= 11 is 0. The van der Waals surface area contributed by atoms with Crippen LogP contribution < -0.4 is 5.32 Å². The highest BCUT2D eigenvalue weighted by molar-refractivity contribution is 5.99. The Morgan fingerprint density at radius 1 is 1.63 bits per heavy atom. The summed E-state index contributed by atoms with van der Waals surface area (Å²) in [5.74, 6) is -0.0328. The number of rotatable bonds is 5. The number of hydrogen-bond acceptors (Lipinski definition) is 4. The molecule has 100 valence electrons. The molecule has 0 radical (unpaired) electrons. The van der Waals surface area contributed by atoms with E-state index in [-0.39, 0.29) is 5.91 Å². The van der Waals surface area contributed by atoms with E-state index in [4.69, 9.17) is 5.26 Å². The van der Waals surface area contributed by atoms with Crippen LogP contribution in [0.3, 0.4) is 0 Å². The van der Waals surface area contributed by atoms with Crippen molar-refractivity contribution in [1.29, 1.82) is 5.26 Å². The lowest BCUT2D eigenvalue weighted by molar-refractivity contribution is 0.0747. The second-order valence-corrected chi connectivity index (χ2v) is 4.76. The second-order valence-electron chi connectivity index (χ2n) is 4.76.